The molecule has 0 fully saturated rings. The van der Waals surface area contributed by atoms with Gasteiger partial charge in [0.25, 0.3) is 0 Å². The van der Waals surface area contributed by atoms with E-state index in [1.165, 1.54) is 11.1 Å². The molecule has 3 N–H and O–H groups in total. The second-order valence-electron chi connectivity index (χ2n) is 3.84. The molecule has 0 bridgehead atoms. The highest BCUT2D eigenvalue weighted by Crippen LogP contribution is 2.19. The number of hydrogen-bond acceptors (Lipinski definition) is 2. The monoisotopic (exact) mass is 193 g/mol. The maximum Gasteiger partial charge on any atom is 0.0938 e. The van der Waals surface area contributed by atoms with Crippen molar-refractivity contribution in [2.45, 2.75) is 39.3 Å². The second-order valence-corrected chi connectivity index (χ2v) is 3.84. The lowest BCUT2D eigenvalue weighted by atomic mass is 9.97. The number of hydrogen-bond donors (Lipinski definition) is 2. The van der Waals surface area contributed by atoms with Gasteiger partial charge in [0, 0.05) is 6.04 Å². The summed E-state index contributed by atoms with van der Waals surface area (Å²) in [5.41, 5.74) is 9.12. The first-order chi connectivity index (χ1) is 6.56. The van der Waals surface area contributed by atoms with Gasteiger partial charge in [-0.2, -0.15) is 0 Å². The van der Waals surface area contributed by atoms with Gasteiger partial charge in [0.1, 0.15) is 0 Å². The molecule has 0 aromatic heterocycles. The normalized spacial score (nSPS) is 15.2. The smallest absolute Gasteiger partial charge is 0.0938 e. The Balaban J connectivity index is 3.00. The minimum Gasteiger partial charge on any atom is -0.387 e. The molecule has 1 aromatic rings. The molecule has 0 aliphatic rings. The quantitative estimate of drug-likeness (QED) is 0.770. The molecule has 0 saturated carbocycles. The molecule has 1 aromatic carbocycles. The molecule has 0 radical (unpaired) electrons. The van der Waals surface area contributed by atoms with E-state index in [1.54, 1.807) is 0 Å². The van der Waals surface area contributed by atoms with Crippen LogP contribution in [0.2, 0.25) is 0 Å². The zero-order valence-electron chi connectivity index (χ0n) is 9.12. The van der Waals surface area contributed by atoms with Gasteiger partial charge in [0.05, 0.1) is 6.10 Å². The molecule has 2 nitrogen and oxygen atoms in total. The van der Waals surface area contributed by atoms with Crippen LogP contribution in [0.4, 0.5) is 0 Å². The molecule has 1 rings (SSSR count). The maximum atomic E-state index is 9.78. The SMILES string of the molecule is CCc1cc(C(O)C(C)N)ccc1C. The zero-order valence-corrected chi connectivity index (χ0v) is 9.12. The van der Waals surface area contributed by atoms with E-state index in [0.29, 0.717) is 0 Å². The average molecular weight is 193 g/mol. The highest BCUT2D eigenvalue weighted by molar-refractivity contribution is 5.32. The molecule has 0 saturated heterocycles. The van der Waals surface area contributed by atoms with Crippen LogP contribution in [0.5, 0.6) is 0 Å². The van der Waals surface area contributed by atoms with E-state index >= 15 is 0 Å². The van der Waals surface area contributed by atoms with Gasteiger partial charge >= 0.3 is 0 Å². The Morgan fingerprint density at radius 3 is 2.57 bits per heavy atom. The van der Waals surface area contributed by atoms with Crippen molar-refractivity contribution >= 4 is 0 Å². The first-order valence-corrected chi connectivity index (χ1v) is 5.09. The van der Waals surface area contributed by atoms with Gasteiger partial charge in [-0.25, -0.2) is 0 Å². The van der Waals surface area contributed by atoms with Crippen molar-refractivity contribution in [1.82, 2.24) is 0 Å². The van der Waals surface area contributed by atoms with Crippen LogP contribution in [-0.2, 0) is 6.42 Å². The van der Waals surface area contributed by atoms with E-state index in [1.807, 2.05) is 25.1 Å². The number of aliphatic hydroxyl groups is 1. The zero-order chi connectivity index (χ0) is 10.7. The molecule has 2 heteroatoms. The Bertz CT molecular complexity index is 307. The summed E-state index contributed by atoms with van der Waals surface area (Å²) in [6.45, 7) is 6.02. The summed E-state index contributed by atoms with van der Waals surface area (Å²) in [5.74, 6) is 0. The molecule has 78 valence electrons. The predicted octanol–water partition coefficient (Wildman–Crippen LogP) is 1.94. The lowest BCUT2D eigenvalue weighted by molar-refractivity contribution is 0.153. The van der Waals surface area contributed by atoms with E-state index in [4.69, 9.17) is 5.73 Å². The Morgan fingerprint density at radius 2 is 2.07 bits per heavy atom. The Kier molecular flexibility index (Phi) is 3.67. The van der Waals surface area contributed by atoms with Gasteiger partial charge in [-0.3, -0.25) is 0 Å². The Hall–Kier alpha value is -0.860. The summed E-state index contributed by atoms with van der Waals surface area (Å²) in [4.78, 5) is 0. The van der Waals surface area contributed by atoms with Gasteiger partial charge < -0.3 is 10.8 Å². The lowest BCUT2D eigenvalue weighted by Gasteiger charge is -2.16. The highest BCUT2D eigenvalue weighted by atomic mass is 16.3. The number of benzene rings is 1. The largest absolute Gasteiger partial charge is 0.387 e. The van der Waals surface area contributed by atoms with Gasteiger partial charge in [-0.05, 0) is 37.0 Å². The molecule has 0 spiro atoms. The fourth-order valence-corrected chi connectivity index (χ4v) is 1.56. The summed E-state index contributed by atoms with van der Waals surface area (Å²) in [5, 5.41) is 9.78. The van der Waals surface area contributed by atoms with Crippen LogP contribution >= 0.6 is 0 Å². The fourth-order valence-electron chi connectivity index (χ4n) is 1.56. The number of aliphatic hydroxyl groups excluding tert-OH is 1. The third kappa shape index (κ3) is 2.34. The van der Waals surface area contributed by atoms with Crippen LogP contribution in [0.25, 0.3) is 0 Å². The van der Waals surface area contributed by atoms with Crippen LogP contribution in [0.1, 0.15) is 36.6 Å². The minimum absolute atomic E-state index is 0.220. The Morgan fingerprint density at radius 1 is 1.43 bits per heavy atom. The molecule has 2 unspecified atom stereocenters. The van der Waals surface area contributed by atoms with E-state index in [-0.39, 0.29) is 6.04 Å². The van der Waals surface area contributed by atoms with Crippen molar-refractivity contribution < 1.29 is 5.11 Å². The van der Waals surface area contributed by atoms with Crippen LogP contribution in [0, 0.1) is 6.92 Å². The van der Waals surface area contributed by atoms with E-state index in [0.717, 1.165) is 12.0 Å². The first-order valence-electron chi connectivity index (χ1n) is 5.09. The van der Waals surface area contributed by atoms with E-state index in [9.17, 15) is 5.11 Å². The van der Waals surface area contributed by atoms with Gasteiger partial charge in [-0.15, -0.1) is 0 Å². The summed E-state index contributed by atoms with van der Waals surface area (Å²) in [6.07, 6.45) is 0.437. The van der Waals surface area contributed by atoms with Crippen LogP contribution < -0.4 is 5.73 Å². The van der Waals surface area contributed by atoms with E-state index in [2.05, 4.69) is 13.8 Å². The van der Waals surface area contributed by atoms with Crippen molar-refractivity contribution in [2.75, 3.05) is 0 Å². The van der Waals surface area contributed by atoms with E-state index < -0.39 is 6.10 Å². The van der Waals surface area contributed by atoms with Crippen molar-refractivity contribution in [1.29, 1.82) is 0 Å². The van der Waals surface area contributed by atoms with Crippen LogP contribution in [0.15, 0.2) is 18.2 Å². The summed E-state index contributed by atoms with van der Waals surface area (Å²) in [7, 11) is 0. The van der Waals surface area contributed by atoms with Gasteiger partial charge in [-0.1, -0.05) is 25.1 Å². The molecule has 0 heterocycles. The van der Waals surface area contributed by atoms with Crippen LogP contribution in [0.3, 0.4) is 0 Å². The standard InChI is InChI=1S/C12H19NO/c1-4-10-7-11(6-5-8(10)2)12(14)9(3)13/h5-7,9,12,14H,4,13H2,1-3H3. The number of rotatable bonds is 3. The first kappa shape index (κ1) is 11.2. The fraction of sp³-hybridized carbons (Fsp3) is 0.500. The molecular weight excluding hydrogens is 174 g/mol. The third-order valence-corrected chi connectivity index (χ3v) is 2.59. The Labute approximate surface area is 85.8 Å². The molecule has 14 heavy (non-hydrogen) atoms. The molecular formula is C12H19NO. The molecule has 0 amide bonds. The van der Waals surface area contributed by atoms with Crippen molar-refractivity contribution in [2.24, 2.45) is 5.73 Å². The topological polar surface area (TPSA) is 46.2 Å². The number of aryl methyl sites for hydroxylation is 2. The minimum atomic E-state index is -0.555. The predicted molar refractivity (Wildman–Crippen MR) is 59.2 cm³/mol. The number of nitrogens with two attached hydrogens (primary N) is 1. The van der Waals surface area contributed by atoms with Gasteiger partial charge in [0.2, 0.25) is 0 Å². The summed E-state index contributed by atoms with van der Waals surface area (Å²) in [6, 6.07) is 5.81. The maximum absolute atomic E-state index is 9.78. The highest BCUT2D eigenvalue weighted by Gasteiger charge is 2.12. The van der Waals surface area contributed by atoms with Crippen molar-refractivity contribution in [3.8, 4) is 0 Å². The average Bonchev–Trinajstić information content (AvgIpc) is 2.17. The van der Waals surface area contributed by atoms with Crippen LogP contribution in [-0.4, -0.2) is 11.1 Å². The van der Waals surface area contributed by atoms with Gasteiger partial charge in [0.15, 0.2) is 0 Å². The summed E-state index contributed by atoms with van der Waals surface area (Å²) >= 11 is 0. The molecule has 0 aliphatic heterocycles. The second kappa shape index (κ2) is 4.58. The lowest BCUT2D eigenvalue weighted by Crippen LogP contribution is -2.24. The third-order valence-electron chi connectivity index (χ3n) is 2.59. The van der Waals surface area contributed by atoms with Crippen molar-refractivity contribution in [3.05, 3.63) is 34.9 Å². The van der Waals surface area contributed by atoms with Crippen molar-refractivity contribution in [3.63, 3.8) is 0 Å². The summed E-state index contributed by atoms with van der Waals surface area (Å²) < 4.78 is 0. The molecule has 0 aliphatic carbocycles. The molecule has 2 atom stereocenters.